The second-order valence-corrected chi connectivity index (χ2v) is 7.74. The molecule has 0 spiro atoms. The summed E-state index contributed by atoms with van der Waals surface area (Å²) < 4.78 is 12.3. The summed E-state index contributed by atoms with van der Waals surface area (Å²) in [7, 11) is 0. The van der Waals surface area contributed by atoms with Crippen molar-refractivity contribution in [2.45, 2.75) is 66.2 Å². The van der Waals surface area contributed by atoms with Gasteiger partial charge in [-0.15, -0.1) is 0 Å². The van der Waals surface area contributed by atoms with Crippen molar-refractivity contribution in [3.8, 4) is 0 Å². The molecule has 2 aromatic carbocycles. The van der Waals surface area contributed by atoms with E-state index in [1.165, 1.54) is 16.7 Å². The topological polar surface area (TPSA) is 43.2 Å². The van der Waals surface area contributed by atoms with Crippen molar-refractivity contribution in [2.75, 3.05) is 6.61 Å². The van der Waals surface area contributed by atoms with Crippen molar-refractivity contribution < 1.29 is 9.47 Å². The quantitative estimate of drug-likeness (QED) is 0.598. The Morgan fingerprint density at radius 3 is 2.23 bits per heavy atom. The number of rotatable bonds is 3. The van der Waals surface area contributed by atoms with Crippen LogP contribution in [0, 0.1) is 5.41 Å². The van der Waals surface area contributed by atoms with Gasteiger partial charge in [0.25, 0.3) is 0 Å². The third kappa shape index (κ3) is 4.00. The van der Waals surface area contributed by atoms with Crippen molar-refractivity contribution in [1.82, 2.24) is 0 Å². The van der Waals surface area contributed by atoms with Crippen LogP contribution in [0.15, 0.2) is 64.6 Å². The van der Waals surface area contributed by atoms with Crippen molar-refractivity contribution in [3.05, 3.63) is 71.3 Å². The summed E-state index contributed by atoms with van der Waals surface area (Å²) in [4.78, 5) is 9.79. The van der Waals surface area contributed by atoms with Crippen LogP contribution in [0.2, 0.25) is 0 Å². The van der Waals surface area contributed by atoms with E-state index < -0.39 is 5.41 Å². The first-order chi connectivity index (χ1) is 14.6. The highest BCUT2D eigenvalue weighted by Crippen LogP contribution is 2.43. The van der Waals surface area contributed by atoms with Gasteiger partial charge in [-0.1, -0.05) is 82.3 Å². The Bertz CT molecular complexity index is 902. The molecule has 2 aromatic rings. The molecule has 1 aliphatic carbocycles. The maximum absolute atomic E-state index is 6.28. The average Bonchev–Trinajstić information content (AvgIpc) is 3.52. The maximum Gasteiger partial charge on any atom is 0.199 e. The fourth-order valence-electron chi connectivity index (χ4n) is 4.06. The van der Waals surface area contributed by atoms with E-state index in [9.17, 15) is 0 Å². The van der Waals surface area contributed by atoms with Gasteiger partial charge in [0.1, 0.15) is 30.2 Å². The Morgan fingerprint density at radius 2 is 1.50 bits per heavy atom. The molecular weight excluding hydrogens is 372 g/mol. The van der Waals surface area contributed by atoms with Crippen LogP contribution in [0.3, 0.4) is 0 Å². The highest BCUT2D eigenvalue weighted by Gasteiger charge is 2.47. The molecule has 4 nitrogen and oxygen atoms in total. The van der Waals surface area contributed by atoms with Crippen molar-refractivity contribution >= 4 is 11.8 Å². The highest BCUT2D eigenvalue weighted by atomic mass is 16.5. The Balaban J connectivity index is 0.000000606. The summed E-state index contributed by atoms with van der Waals surface area (Å²) in [6.07, 6.45) is 1.03. The number of hydrogen-bond donors (Lipinski definition) is 0. The molecule has 0 saturated carbocycles. The zero-order valence-electron chi connectivity index (χ0n) is 19.1. The van der Waals surface area contributed by atoms with Crippen LogP contribution in [-0.2, 0) is 15.9 Å². The van der Waals surface area contributed by atoms with E-state index in [2.05, 4.69) is 50.2 Å². The lowest BCUT2D eigenvalue weighted by molar-refractivity contribution is 0.186. The number of ether oxygens (including phenoxy) is 2. The van der Waals surface area contributed by atoms with Crippen LogP contribution in [0.5, 0.6) is 0 Å². The molecule has 5 rings (SSSR count). The predicted molar refractivity (Wildman–Crippen MR) is 124 cm³/mol. The van der Waals surface area contributed by atoms with Gasteiger partial charge in [-0.3, -0.25) is 0 Å². The van der Waals surface area contributed by atoms with Crippen LogP contribution >= 0.6 is 0 Å². The first-order valence-corrected chi connectivity index (χ1v) is 11.2. The largest absolute Gasteiger partial charge is 0.478 e. The third-order valence-electron chi connectivity index (χ3n) is 5.57. The van der Waals surface area contributed by atoms with Gasteiger partial charge in [0, 0.05) is 6.42 Å². The van der Waals surface area contributed by atoms with Crippen LogP contribution < -0.4 is 0 Å². The minimum absolute atomic E-state index is 0.0488. The van der Waals surface area contributed by atoms with Gasteiger partial charge in [-0.2, -0.15) is 0 Å². The fraction of sp³-hybridized carbons (Fsp3) is 0.462. The number of benzene rings is 2. The van der Waals surface area contributed by atoms with Gasteiger partial charge in [-0.25, -0.2) is 9.98 Å². The van der Waals surface area contributed by atoms with Gasteiger partial charge >= 0.3 is 0 Å². The Morgan fingerprint density at radius 1 is 0.833 bits per heavy atom. The van der Waals surface area contributed by atoms with Crippen molar-refractivity contribution in [3.63, 3.8) is 0 Å². The summed E-state index contributed by atoms with van der Waals surface area (Å²) in [5.41, 5.74) is 3.36. The molecule has 0 fully saturated rings. The molecule has 160 valence electrons. The lowest BCUT2D eigenvalue weighted by Crippen LogP contribution is -2.35. The van der Waals surface area contributed by atoms with E-state index in [4.69, 9.17) is 19.5 Å². The number of aliphatic imine (C=N–C) groups is 2. The molecule has 3 unspecified atom stereocenters. The molecule has 3 aliphatic rings. The predicted octanol–water partition coefficient (Wildman–Crippen LogP) is 6.33. The molecule has 0 N–H and O–H groups in total. The Kier molecular flexibility index (Phi) is 6.96. The fourth-order valence-corrected chi connectivity index (χ4v) is 4.06. The second-order valence-electron chi connectivity index (χ2n) is 7.74. The molecule has 2 aliphatic heterocycles. The Hall–Kier alpha value is -2.62. The van der Waals surface area contributed by atoms with Crippen LogP contribution in [-0.4, -0.2) is 24.5 Å². The average molecular weight is 407 g/mol. The molecular formula is C26H34N2O2. The summed E-state index contributed by atoms with van der Waals surface area (Å²) in [5, 5.41) is 0. The molecule has 0 radical (unpaired) electrons. The summed E-state index contributed by atoms with van der Waals surface area (Å²) in [5.74, 6) is 1.47. The smallest absolute Gasteiger partial charge is 0.199 e. The second kappa shape index (κ2) is 9.46. The van der Waals surface area contributed by atoms with Crippen LogP contribution in [0.1, 0.15) is 70.3 Å². The molecule has 2 heterocycles. The maximum atomic E-state index is 6.28. The molecule has 4 heteroatoms. The van der Waals surface area contributed by atoms with Gasteiger partial charge in [-0.05, 0) is 30.5 Å². The first-order valence-electron chi connectivity index (χ1n) is 11.2. The molecule has 0 bridgehead atoms. The number of hydrogen-bond acceptors (Lipinski definition) is 4. The first kappa shape index (κ1) is 22.1. The summed E-state index contributed by atoms with van der Waals surface area (Å²) in [6, 6.07) is 18.9. The van der Waals surface area contributed by atoms with Crippen LogP contribution in [0.4, 0.5) is 0 Å². The minimum atomic E-state index is -0.456. The number of fused-ring (bicyclic) bond motifs is 3. The lowest BCUT2D eigenvalue weighted by atomic mass is 9.92. The van der Waals surface area contributed by atoms with Crippen molar-refractivity contribution in [2.24, 2.45) is 15.4 Å². The normalized spacial score (nSPS) is 23.3. The molecule has 0 aromatic heterocycles. The van der Waals surface area contributed by atoms with E-state index in [0.29, 0.717) is 6.61 Å². The molecule has 0 amide bonds. The van der Waals surface area contributed by atoms with E-state index in [0.717, 1.165) is 18.2 Å². The van der Waals surface area contributed by atoms with Gasteiger partial charge < -0.3 is 9.47 Å². The SMILES string of the molecule is CC.CC.CC(C)(C1=NC(c2ccccc2)CO1)C1=NC2c3ccccc3CC2O1. The van der Waals surface area contributed by atoms with E-state index in [1.807, 2.05) is 45.9 Å². The van der Waals surface area contributed by atoms with Crippen molar-refractivity contribution in [1.29, 1.82) is 0 Å². The lowest BCUT2D eigenvalue weighted by Gasteiger charge is -2.24. The Labute approximate surface area is 181 Å². The summed E-state index contributed by atoms with van der Waals surface area (Å²) in [6.45, 7) is 12.8. The molecule has 3 atom stereocenters. The van der Waals surface area contributed by atoms with Gasteiger partial charge in [0.05, 0.1) is 0 Å². The van der Waals surface area contributed by atoms with Crippen LogP contribution in [0.25, 0.3) is 0 Å². The summed E-state index contributed by atoms with van der Waals surface area (Å²) >= 11 is 0. The zero-order chi connectivity index (χ0) is 21.7. The van der Waals surface area contributed by atoms with E-state index in [1.54, 1.807) is 0 Å². The standard InChI is InChI=1S/C22H22N2O2.2C2H6/c1-22(2,20-23-17(13-25-20)14-8-4-3-5-9-14)21-24-19-16-11-7-6-10-15(16)12-18(19)26-21;2*1-2/h3-11,17-19H,12-13H2,1-2H3;2*1-2H3. The molecule has 0 saturated heterocycles. The van der Waals surface area contributed by atoms with E-state index >= 15 is 0 Å². The minimum Gasteiger partial charge on any atom is -0.478 e. The number of nitrogens with zero attached hydrogens (tertiary/aromatic N) is 2. The monoisotopic (exact) mass is 406 g/mol. The van der Waals surface area contributed by atoms with Gasteiger partial charge in [0.2, 0.25) is 0 Å². The highest BCUT2D eigenvalue weighted by molar-refractivity contribution is 6.05. The van der Waals surface area contributed by atoms with Gasteiger partial charge in [0.15, 0.2) is 11.8 Å². The van der Waals surface area contributed by atoms with E-state index in [-0.39, 0.29) is 18.2 Å². The molecule has 30 heavy (non-hydrogen) atoms. The third-order valence-corrected chi connectivity index (χ3v) is 5.57. The zero-order valence-corrected chi connectivity index (χ0v) is 19.1.